The molecule has 7 heteroatoms. The molecule has 1 aromatic carbocycles. The maximum absolute atomic E-state index is 4.72. The second-order valence-electron chi connectivity index (χ2n) is 7.18. The summed E-state index contributed by atoms with van der Waals surface area (Å²) >= 11 is 1.72. The van der Waals surface area contributed by atoms with Gasteiger partial charge in [0.25, 0.3) is 0 Å². The van der Waals surface area contributed by atoms with Gasteiger partial charge in [0.2, 0.25) is 0 Å². The molecule has 1 aromatic heterocycles. The van der Waals surface area contributed by atoms with Crippen LogP contribution in [0.5, 0.6) is 0 Å². The lowest BCUT2D eigenvalue weighted by atomic mass is 10.0. The van der Waals surface area contributed by atoms with Crippen LogP contribution in [-0.4, -0.2) is 41.5 Å². The Balaban J connectivity index is 0.00000280. The highest BCUT2D eigenvalue weighted by Gasteiger charge is 2.20. The number of aliphatic imine (C=N–C) groups is 1. The Bertz CT molecular complexity index is 753. The zero-order chi connectivity index (χ0) is 19.1. The van der Waals surface area contributed by atoms with Crippen LogP contribution in [0.4, 0.5) is 0 Å². The molecule has 28 heavy (non-hydrogen) atoms. The van der Waals surface area contributed by atoms with Crippen molar-refractivity contribution in [2.24, 2.45) is 4.99 Å². The molecule has 1 fully saturated rings. The lowest BCUT2D eigenvalue weighted by Gasteiger charge is -2.33. The minimum absolute atomic E-state index is 0. The third-order valence-electron chi connectivity index (χ3n) is 4.97. The van der Waals surface area contributed by atoms with Gasteiger partial charge in [-0.05, 0) is 44.7 Å². The summed E-state index contributed by atoms with van der Waals surface area (Å²) in [7, 11) is 0. The topological polar surface area (TPSA) is 52.6 Å². The lowest BCUT2D eigenvalue weighted by Crippen LogP contribution is -2.48. The molecule has 0 amide bonds. The Morgan fingerprint density at radius 2 is 2.00 bits per heavy atom. The quantitative estimate of drug-likeness (QED) is 0.347. The minimum atomic E-state index is 0. The van der Waals surface area contributed by atoms with E-state index in [2.05, 4.69) is 65.6 Å². The highest BCUT2D eigenvalue weighted by Crippen LogP contribution is 2.16. The van der Waals surface area contributed by atoms with Crippen molar-refractivity contribution < 1.29 is 0 Å². The Morgan fingerprint density at radius 1 is 1.25 bits per heavy atom. The molecular weight excluding hydrogens is 481 g/mol. The van der Waals surface area contributed by atoms with Crippen LogP contribution in [0.2, 0.25) is 0 Å². The first-order valence-corrected chi connectivity index (χ1v) is 10.7. The fourth-order valence-electron chi connectivity index (χ4n) is 3.40. The third-order valence-corrected chi connectivity index (χ3v) is 5.87. The van der Waals surface area contributed by atoms with Crippen LogP contribution in [0, 0.1) is 13.8 Å². The number of likely N-dealkylation sites (tertiary alicyclic amines) is 1. The minimum Gasteiger partial charge on any atom is -0.357 e. The van der Waals surface area contributed by atoms with Gasteiger partial charge in [0.05, 0.1) is 6.54 Å². The largest absolute Gasteiger partial charge is 0.357 e. The average molecular weight is 513 g/mol. The summed E-state index contributed by atoms with van der Waals surface area (Å²) in [5.41, 5.74) is 2.83. The van der Waals surface area contributed by atoms with E-state index >= 15 is 0 Å². The molecule has 0 saturated carbocycles. The monoisotopic (exact) mass is 513 g/mol. The second-order valence-corrected chi connectivity index (χ2v) is 8.50. The molecule has 0 aliphatic carbocycles. The number of rotatable bonds is 6. The van der Waals surface area contributed by atoms with E-state index in [1.54, 1.807) is 11.3 Å². The Labute approximate surface area is 190 Å². The van der Waals surface area contributed by atoms with E-state index in [9.17, 15) is 0 Å². The van der Waals surface area contributed by atoms with E-state index in [1.165, 1.54) is 16.0 Å². The Morgan fingerprint density at radius 3 is 2.64 bits per heavy atom. The molecule has 3 rings (SSSR count). The van der Waals surface area contributed by atoms with Gasteiger partial charge < -0.3 is 10.6 Å². The standard InChI is InChI=1S/C21H31N5S.HI/c1-4-22-21(24-14-20-23-13-17(3)27-20)25-19-9-11-26(12-10-19)15-18-8-6-5-7-16(18)2;/h5-8,13,19H,4,9-12,14-15H2,1-3H3,(H2,22,24,25);1H. The number of hydrogen-bond donors (Lipinski definition) is 2. The summed E-state index contributed by atoms with van der Waals surface area (Å²) in [5.74, 6) is 0.905. The van der Waals surface area contributed by atoms with Crippen molar-refractivity contribution in [3.05, 3.63) is 51.5 Å². The van der Waals surface area contributed by atoms with Crippen molar-refractivity contribution in [1.82, 2.24) is 20.5 Å². The summed E-state index contributed by atoms with van der Waals surface area (Å²) in [5, 5.41) is 8.05. The molecule has 1 aliphatic rings. The highest BCUT2D eigenvalue weighted by atomic mass is 127. The number of nitrogens with zero attached hydrogens (tertiary/aromatic N) is 3. The molecule has 0 bridgehead atoms. The number of aryl methyl sites for hydroxylation is 2. The first kappa shape index (κ1) is 23.1. The third kappa shape index (κ3) is 7.00. The van der Waals surface area contributed by atoms with Crippen LogP contribution in [0.15, 0.2) is 35.5 Å². The zero-order valence-electron chi connectivity index (χ0n) is 17.1. The van der Waals surface area contributed by atoms with Gasteiger partial charge in [-0.15, -0.1) is 35.3 Å². The molecule has 0 unspecified atom stereocenters. The second kappa shape index (κ2) is 11.7. The van der Waals surface area contributed by atoms with Gasteiger partial charge in [0, 0.05) is 43.3 Å². The molecular formula is C21H32IN5S. The summed E-state index contributed by atoms with van der Waals surface area (Å²) < 4.78 is 0. The molecule has 0 atom stereocenters. The number of benzene rings is 1. The number of hydrogen-bond acceptors (Lipinski definition) is 4. The van der Waals surface area contributed by atoms with Crippen LogP contribution in [-0.2, 0) is 13.1 Å². The van der Waals surface area contributed by atoms with Crippen molar-refractivity contribution in [1.29, 1.82) is 0 Å². The predicted octanol–water partition coefficient (Wildman–Crippen LogP) is 4.10. The average Bonchev–Trinajstić information content (AvgIpc) is 3.09. The number of thiazole rings is 1. The summed E-state index contributed by atoms with van der Waals surface area (Å²) in [6.45, 7) is 11.2. The molecule has 0 radical (unpaired) electrons. The smallest absolute Gasteiger partial charge is 0.191 e. The Kier molecular flexibility index (Phi) is 9.67. The Hall–Kier alpha value is -1.19. The first-order valence-electron chi connectivity index (χ1n) is 9.87. The molecule has 1 aliphatic heterocycles. The van der Waals surface area contributed by atoms with E-state index in [-0.39, 0.29) is 24.0 Å². The van der Waals surface area contributed by atoms with Gasteiger partial charge in [-0.2, -0.15) is 0 Å². The van der Waals surface area contributed by atoms with Crippen molar-refractivity contribution in [3.8, 4) is 0 Å². The summed E-state index contributed by atoms with van der Waals surface area (Å²) in [6, 6.07) is 9.18. The number of guanidine groups is 1. The number of halogens is 1. The zero-order valence-corrected chi connectivity index (χ0v) is 20.2. The van der Waals surface area contributed by atoms with Crippen molar-refractivity contribution >= 4 is 41.3 Å². The van der Waals surface area contributed by atoms with E-state index < -0.39 is 0 Å². The van der Waals surface area contributed by atoms with Gasteiger partial charge in [0.15, 0.2) is 5.96 Å². The number of nitrogens with one attached hydrogen (secondary N) is 2. The molecule has 2 heterocycles. The number of aromatic nitrogens is 1. The van der Waals surface area contributed by atoms with Crippen molar-refractivity contribution in [3.63, 3.8) is 0 Å². The first-order chi connectivity index (χ1) is 13.1. The maximum atomic E-state index is 4.72. The fraction of sp³-hybridized carbons (Fsp3) is 0.524. The maximum Gasteiger partial charge on any atom is 0.191 e. The van der Waals surface area contributed by atoms with E-state index in [1.807, 2.05) is 6.20 Å². The summed E-state index contributed by atoms with van der Waals surface area (Å²) in [4.78, 5) is 12.9. The predicted molar refractivity (Wildman–Crippen MR) is 130 cm³/mol. The van der Waals surface area contributed by atoms with Gasteiger partial charge in [-0.1, -0.05) is 24.3 Å². The van der Waals surface area contributed by atoms with Crippen LogP contribution in [0.3, 0.4) is 0 Å². The van der Waals surface area contributed by atoms with Gasteiger partial charge in [-0.3, -0.25) is 4.90 Å². The molecule has 2 aromatic rings. The summed E-state index contributed by atoms with van der Waals surface area (Å²) in [6.07, 6.45) is 4.21. The van der Waals surface area contributed by atoms with Crippen molar-refractivity contribution in [2.45, 2.75) is 52.7 Å². The van der Waals surface area contributed by atoms with Crippen LogP contribution in [0.1, 0.15) is 40.8 Å². The van der Waals surface area contributed by atoms with E-state index in [0.29, 0.717) is 12.6 Å². The van der Waals surface area contributed by atoms with E-state index in [4.69, 9.17) is 4.99 Å². The SMILES string of the molecule is CCNC(=NCc1ncc(C)s1)NC1CCN(Cc2ccccc2C)CC1.I. The highest BCUT2D eigenvalue weighted by molar-refractivity contribution is 14.0. The molecule has 0 spiro atoms. The van der Waals surface area contributed by atoms with E-state index in [0.717, 1.165) is 50.0 Å². The van der Waals surface area contributed by atoms with Crippen LogP contribution >= 0.6 is 35.3 Å². The molecule has 154 valence electrons. The van der Waals surface area contributed by atoms with Gasteiger partial charge >= 0.3 is 0 Å². The molecule has 5 nitrogen and oxygen atoms in total. The number of piperidine rings is 1. The lowest BCUT2D eigenvalue weighted by molar-refractivity contribution is 0.198. The van der Waals surface area contributed by atoms with Crippen LogP contribution < -0.4 is 10.6 Å². The normalized spacial score (nSPS) is 15.9. The van der Waals surface area contributed by atoms with Crippen LogP contribution in [0.25, 0.3) is 0 Å². The van der Waals surface area contributed by atoms with Gasteiger partial charge in [0.1, 0.15) is 5.01 Å². The van der Waals surface area contributed by atoms with Gasteiger partial charge in [-0.25, -0.2) is 9.98 Å². The molecule has 2 N–H and O–H groups in total. The van der Waals surface area contributed by atoms with Crippen molar-refractivity contribution in [2.75, 3.05) is 19.6 Å². The fourth-order valence-corrected chi connectivity index (χ4v) is 4.11. The molecule has 1 saturated heterocycles.